The van der Waals surface area contributed by atoms with Gasteiger partial charge in [-0.2, -0.15) is 0 Å². The van der Waals surface area contributed by atoms with Gasteiger partial charge in [0.15, 0.2) is 0 Å². The summed E-state index contributed by atoms with van der Waals surface area (Å²) >= 11 is 1.57. The van der Waals surface area contributed by atoms with Crippen LogP contribution in [0.4, 0.5) is 0 Å². The van der Waals surface area contributed by atoms with Gasteiger partial charge >= 0.3 is 0 Å². The predicted molar refractivity (Wildman–Crippen MR) is 64.4 cm³/mol. The van der Waals surface area contributed by atoms with Crippen molar-refractivity contribution in [1.82, 2.24) is 4.98 Å². The SMILES string of the molecule is COC(c1ncc(CO)s1)C1CCCCC1. The molecular formula is C12H19NO2S. The molecule has 4 heteroatoms. The average Bonchev–Trinajstić information content (AvgIpc) is 2.80. The van der Waals surface area contributed by atoms with Gasteiger partial charge in [0, 0.05) is 13.3 Å². The molecule has 1 fully saturated rings. The van der Waals surface area contributed by atoms with E-state index in [-0.39, 0.29) is 12.7 Å². The molecular weight excluding hydrogens is 222 g/mol. The molecule has 0 saturated heterocycles. The molecule has 1 aliphatic rings. The number of hydrogen-bond acceptors (Lipinski definition) is 4. The van der Waals surface area contributed by atoms with Crippen molar-refractivity contribution in [3.05, 3.63) is 16.1 Å². The molecule has 0 spiro atoms. The van der Waals surface area contributed by atoms with E-state index in [1.165, 1.54) is 32.1 Å². The lowest BCUT2D eigenvalue weighted by Gasteiger charge is -2.27. The van der Waals surface area contributed by atoms with E-state index in [4.69, 9.17) is 9.84 Å². The summed E-state index contributed by atoms with van der Waals surface area (Å²) < 4.78 is 5.60. The number of aromatic nitrogens is 1. The summed E-state index contributed by atoms with van der Waals surface area (Å²) in [7, 11) is 1.76. The van der Waals surface area contributed by atoms with Gasteiger partial charge in [0.25, 0.3) is 0 Å². The monoisotopic (exact) mass is 241 g/mol. The molecule has 1 saturated carbocycles. The smallest absolute Gasteiger partial charge is 0.122 e. The van der Waals surface area contributed by atoms with E-state index in [1.54, 1.807) is 24.6 Å². The summed E-state index contributed by atoms with van der Waals surface area (Å²) in [5.74, 6) is 0.608. The highest BCUT2D eigenvalue weighted by Gasteiger charge is 2.27. The molecule has 90 valence electrons. The number of ether oxygens (including phenoxy) is 1. The number of methoxy groups -OCH3 is 1. The lowest BCUT2D eigenvalue weighted by molar-refractivity contribution is 0.0352. The van der Waals surface area contributed by atoms with E-state index in [1.807, 2.05) is 0 Å². The van der Waals surface area contributed by atoms with E-state index >= 15 is 0 Å². The van der Waals surface area contributed by atoms with Crippen LogP contribution in [0.1, 0.15) is 48.1 Å². The lowest BCUT2D eigenvalue weighted by Crippen LogP contribution is -2.17. The van der Waals surface area contributed by atoms with Crippen LogP contribution in [0.5, 0.6) is 0 Å². The quantitative estimate of drug-likeness (QED) is 0.881. The summed E-state index contributed by atoms with van der Waals surface area (Å²) in [5.41, 5.74) is 0. The van der Waals surface area contributed by atoms with Crippen molar-refractivity contribution in [3.8, 4) is 0 Å². The molecule has 0 radical (unpaired) electrons. The van der Waals surface area contributed by atoms with Crippen LogP contribution in [0.3, 0.4) is 0 Å². The van der Waals surface area contributed by atoms with Crippen LogP contribution in [0.2, 0.25) is 0 Å². The van der Waals surface area contributed by atoms with Crippen molar-refractivity contribution in [3.63, 3.8) is 0 Å². The molecule has 1 atom stereocenters. The summed E-state index contributed by atoms with van der Waals surface area (Å²) in [5, 5.41) is 10.1. The fraction of sp³-hybridized carbons (Fsp3) is 0.750. The van der Waals surface area contributed by atoms with Gasteiger partial charge in [-0.15, -0.1) is 11.3 Å². The Bertz CT molecular complexity index is 321. The van der Waals surface area contributed by atoms with Gasteiger partial charge in [0.05, 0.1) is 11.5 Å². The Morgan fingerprint density at radius 2 is 2.25 bits per heavy atom. The third-order valence-corrected chi connectivity index (χ3v) is 4.35. The fourth-order valence-corrected chi connectivity index (χ4v) is 3.41. The summed E-state index contributed by atoms with van der Waals surface area (Å²) in [6.45, 7) is 0.0821. The first-order valence-corrected chi connectivity index (χ1v) is 6.75. The maximum absolute atomic E-state index is 9.05. The van der Waals surface area contributed by atoms with E-state index < -0.39 is 0 Å². The zero-order chi connectivity index (χ0) is 11.4. The molecule has 1 aliphatic carbocycles. The van der Waals surface area contributed by atoms with Gasteiger partial charge in [-0.05, 0) is 18.8 Å². The second kappa shape index (κ2) is 5.75. The van der Waals surface area contributed by atoms with E-state index in [0.717, 1.165) is 9.88 Å². The standard InChI is InChI=1S/C12H19NO2S/c1-15-11(9-5-3-2-4-6-9)12-13-7-10(8-14)16-12/h7,9,11,14H,2-6,8H2,1H3. The molecule has 0 amide bonds. The second-order valence-electron chi connectivity index (χ2n) is 4.38. The van der Waals surface area contributed by atoms with Crippen LogP contribution in [0.15, 0.2) is 6.20 Å². The van der Waals surface area contributed by atoms with Crippen molar-refractivity contribution in [2.45, 2.75) is 44.8 Å². The number of nitrogens with zero attached hydrogens (tertiary/aromatic N) is 1. The topological polar surface area (TPSA) is 42.4 Å². The Labute approximate surface area is 100 Å². The van der Waals surface area contributed by atoms with Crippen LogP contribution in [0, 0.1) is 5.92 Å². The van der Waals surface area contributed by atoms with Gasteiger partial charge in [-0.1, -0.05) is 19.3 Å². The number of aliphatic hydroxyl groups excluding tert-OH is 1. The second-order valence-corrected chi connectivity index (χ2v) is 5.52. The van der Waals surface area contributed by atoms with E-state index in [0.29, 0.717) is 5.92 Å². The molecule has 3 nitrogen and oxygen atoms in total. The van der Waals surface area contributed by atoms with Crippen LogP contribution in [0.25, 0.3) is 0 Å². The Kier molecular flexibility index (Phi) is 4.32. The molecule has 1 aromatic rings. The average molecular weight is 241 g/mol. The Morgan fingerprint density at radius 3 is 2.81 bits per heavy atom. The Hall–Kier alpha value is -0.450. The molecule has 0 aliphatic heterocycles. The number of aliphatic hydroxyl groups is 1. The van der Waals surface area contributed by atoms with Crippen LogP contribution >= 0.6 is 11.3 Å². The first-order chi connectivity index (χ1) is 7.85. The first-order valence-electron chi connectivity index (χ1n) is 5.93. The van der Waals surface area contributed by atoms with Crippen molar-refractivity contribution in [2.75, 3.05) is 7.11 Å². The summed E-state index contributed by atoms with van der Waals surface area (Å²) in [6, 6.07) is 0. The van der Waals surface area contributed by atoms with Gasteiger partial charge in [0.2, 0.25) is 0 Å². The molecule has 0 bridgehead atoms. The zero-order valence-electron chi connectivity index (χ0n) is 9.69. The first kappa shape index (κ1) is 12.0. The molecule has 1 N–H and O–H groups in total. The highest BCUT2D eigenvalue weighted by molar-refractivity contribution is 7.11. The lowest BCUT2D eigenvalue weighted by atomic mass is 9.85. The molecule has 1 aromatic heterocycles. The zero-order valence-corrected chi connectivity index (χ0v) is 10.5. The Balaban J connectivity index is 2.08. The normalized spacial score (nSPS) is 19.9. The number of thiazole rings is 1. The maximum Gasteiger partial charge on any atom is 0.122 e. The van der Waals surface area contributed by atoms with E-state index in [2.05, 4.69) is 4.98 Å². The number of hydrogen-bond donors (Lipinski definition) is 1. The van der Waals surface area contributed by atoms with Crippen molar-refractivity contribution >= 4 is 11.3 Å². The highest BCUT2D eigenvalue weighted by Crippen LogP contribution is 2.37. The van der Waals surface area contributed by atoms with Crippen molar-refractivity contribution in [1.29, 1.82) is 0 Å². The minimum atomic E-state index is 0.0821. The molecule has 16 heavy (non-hydrogen) atoms. The Morgan fingerprint density at radius 1 is 1.50 bits per heavy atom. The minimum absolute atomic E-state index is 0.0821. The summed E-state index contributed by atoms with van der Waals surface area (Å²) in [6.07, 6.45) is 8.34. The third-order valence-electron chi connectivity index (χ3n) is 3.30. The van der Waals surface area contributed by atoms with Gasteiger partial charge in [0.1, 0.15) is 11.1 Å². The van der Waals surface area contributed by atoms with Gasteiger partial charge in [-0.3, -0.25) is 0 Å². The fourth-order valence-electron chi connectivity index (χ4n) is 2.46. The number of rotatable bonds is 4. The minimum Gasteiger partial charge on any atom is -0.391 e. The highest BCUT2D eigenvalue weighted by atomic mass is 32.1. The molecule has 0 aromatic carbocycles. The van der Waals surface area contributed by atoms with E-state index in [9.17, 15) is 0 Å². The van der Waals surface area contributed by atoms with Crippen molar-refractivity contribution in [2.24, 2.45) is 5.92 Å². The predicted octanol–water partition coefficient (Wildman–Crippen LogP) is 2.90. The van der Waals surface area contributed by atoms with Crippen molar-refractivity contribution < 1.29 is 9.84 Å². The molecule has 1 unspecified atom stereocenters. The van der Waals surface area contributed by atoms with Crippen LogP contribution in [-0.4, -0.2) is 17.2 Å². The largest absolute Gasteiger partial charge is 0.391 e. The van der Waals surface area contributed by atoms with Gasteiger partial charge < -0.3 is 9.84 Å². The van der Waals surface area contributed by atoms with Crippen LogP contribution < -0.4 is 0 Å². The van der Waals surface area contributed by atoms with Crippen LogP contribution in [-0.2, 0) is 11.3 Å². The molecule has 2 rings (SSSR count). The summed E-state index contributed by atoms with van der Waals surface area (Å²) in [4.78, 5) is 5.29. The maximum atomic E-state index is 9.05. The molecule has 1 heterocycles. The van der Waals surface area contributed by atoms with Gasteiger partial charge in [-0.25, -0.2) is 4.98 Å². The third kappa shape index (κ3) is 2.62.